The van der Waals surface area contributed by atoms with Crippen molar-refractivity contribution in [2.75, 3.05) is 4.90 Å². The van der Waals surface area contributed by atoms with Gasteiger partial charge in [0.2, 0.25) is 0 Å². The third kappa shape index (κ3) is 4.41. The lowest BCUT2D eigenvalue weighted by Gasteiger charge is -2.44. The largest absolute Gasteiger partial charge is 0.443 e. The molecule has 0 aliphatic carbocycles. The van der Waals surface area contributed by atoms with Crippen molar-refractivity contribution in [1.82, 2.24) is 20.0 Å². The number of ether oxygens (including phenoxy) is 1. The summed E-state index contributed by atoms with van der Waals surface area (Å²) in [5, 5.41) is 6.58. The predicted molar refractivity (Wildman–Crippen MR) is 146 cm³/mol. The van der Waals surface area contributed by atoms with Crippen molar-refractivity contribution in [3.05, 3.63) is 69.6 Å². The molecule has 1 fully saturated rings. The van der Waals surface area contributed by atoms with E-state index in [1.54, 1.807) is 48.5 Å². The third-order valence-corrected chi connectivity index (χ3v) is 7.33. The van der Waals surface area contributed by atoms with E-state index < -0.39 is 58.4 Å². The maximum atomic E-state index is 15.0. The predicted octanol–water partition coefficient (Wildman–Crippen LogP) is 5.19. The molecule has 1 N–H and O–H groups in total. The van der Waals surface area contributed by atoms with Crippen LogP contribution in [-0.4, -0.2) is 55.2 Å². The monoisotopic (exact) mass is 567 g/mol. The second kappa shape index (κ2) is 9.35. The highest BCUT2D eigenvalue weighted by atomic mass is 19.1. The van der Waals surface area contributed by atoms with Crippen molar-refractivity contribution in [2.45, 2.75) is 77.7 Å². The summed E-state index contributed by atoms with van der Waals surface area (Å²) in [6.07, 6.45) is -0.922. The third-order valence-electron chi connectivity index (χ3n) is 7.33. The van der Waals surface area contributed by atoms with Crippen LogP contribution in [0, 0.1) is 11.6 Å². The Morgan fingerprint density at radius 3 is 2.22 bits per heavy atom. The molecule has 0 bridgehead atoms. The Morgan fingerprint density at radius 2 is 1.66 bits per heavy atom. The van der Waals surface area contributed by atoms with E-state index in [1.165, 1.54) is 29.2 Å². The molecule has 4 amide bonds. The molecule has 2 aliphatic rings. The number of H-pyrrole nitrogens is 1. The zero-order valence-electron chi connectivity index (χ0n) is 23.8. The Bertz CT molecular complexity index is 1640. The van der Waals surface area contributed by atoms with Gasteiger partial charge in [-0.15, -0.1) is 0 Å². The number of anilines is 1. The second-order valence-corrected chi connectivity index (χ2v) is 12.1. The molecular formula is C29H31F2N5O5. The molecule has 2 aromatic carbocycles. The number of halogens is 2. The number of carbonyl (C=O) groups is 3. The van der Waals surface area contributed by atoms with Gasteiger partial charge in [-0.2, -0.15) is 5.10 Å². The van der Waals surface area contributed by atoms with Gasteiger partial charge in [-0.1, -0.05) is 12.1 Å². The first kappa shape index (κ1) is 28.2. The molecule has 12 heteroatoms. The summed E-state index contributed by atoms with van der Waals surface area (Å²) >= 11 is 0. The van der Waals surface area contributed by atoms with Crippen molar-refractivity contribution < 1.29 is 27.9 Å². The van der Waals surface area contributed by atoms with E-state index in [-0.39, 0.29) is 28.2 Å². The standard InChI is InChI=1S/C29H31F2N5O5/c1-14(2)36-26(39)35(25(38)29(36,6)7)23-21-20-18(24(37)33-32-21)12-17(31)13-19(20)34(27(40)41-28(3,4)5)22(23)15-8-10-16(30)11-9-15/h8-14,22-23H,1-7H3,(H,33,37). The Kier molecular flexibility index (Phi) is 6.43. The summed E-state index contributed by atoms with van der Waals surface area (Å²) in [6.45, 7) is 11.7. The highest BCUT2D eigenvalue weighted by Gasteiger charge is 2.58. The Balaban J connectivity index is 1.89. The summed E-state index contributed by atoms with van der Waals surface area (Å²) in [5.41, 5.74) is -2.62. The van der Waals surface area contributed by atoms with Gasteiger partial charge in [0.15, 0.2) is 0 Å². The molecule has 216 valence electrons. The first-order chi connectivity index (χ1) is 19.0. The van der Waals surface area contributed by atoms with Crippen LogP contribution < -0.4 is 10.5 Å². The summed E-state index contributed by atoms with van der Waals surface area (Å²) in [4.78, 5) is 58.4. The summed E-state index contributed by atoms with van der Waals surface area (Å²) < 4.78 is 34.8. The number of nitrogens with one attached hydrogen (secondary N) is 1. The van der Waals surface area contributed by atoms with Crippen molar-refractivity contribution in [3.8, 4) is 0 Å². The van der Waals surface area contributed by atoms with Gasteiger partial charge in [0, 0.05) is 11.4 Å². The summed E-state index contributed by atoms with van der Waals surface area (Å²) in [7, 11) is 0. The first-order valence-corrected chi connectivity index (χ1v) is 13.2. The van der Waals surface area contributed by atoms with Crippen LogP contribution in [0.5, 0.6) is 0 Å². The zero-order chi connectivity index (χ0) is 30.2. The molecule has 2 aliphatic heterocycles. The number of urea groups is 1. The molecular weight excluding hydrogens is 536 g/mol. The molecule has 3 aromatic rings. The van der Waals surface area contributed by atoms with Crippen molar-refractivity contribution in [2.24, 2.45) is 0 Å². The summed E-state index contributed by atoms with van der Waals surface area (Å²) in [6, 6.07) is 3.72. The van der Waals surface area contributed by atoms with Crippen LogP contribution in [0.25, 0.3) is 10.8 Å². The van der Waals surface area contributed by atoms with Gasteiger partial charge in [-0.25, -0.2) is 23.5 Å². The average Bonchev–Trinajstić information content (AvgIpc) is 3.03. The quantitative estimate of drug-likeness (QED) is 0.436. The van der Waals surface area contributed by atoms with Crippen molar-refractivity contribution in [3.63, 3.8) is 0 Å². The minimum atomic E-state index is -1.30. The number of hydrogen-bond acceptors (Lipinski definition) is 6. The van der Waals surface area contributed by atoms with Gasteiger partial charge < -0.3 is 9.64 Å². The van der Waals surface area contributed by atoms with E-state index in [4.69, 9.17) is 4.74 Å². The molecule has 41 heavy (non-hydrogen) atoms. The molecule has 1 aromatic heterocycles. The van der Waals surface area contributed by atoms with E-state index in [2.05, 4.69) is 10.2 Å². The van der Waals surface area contributed by atoms with Crippen LogP contribution in [0.4, 0.5) is 24.1 Å². The highest BCUT2D eigenvalue weighted by Crippen LogP contribution is 2.51. The van der Waals surface area contributed by atoms with Crippen molar-refractivity contribution in [1.29, 1.82) is 0 Å². The smallest absolute Gasteiger partial charge is 0.415 e. The average molecular weight is 568 g/mol. The molecule has 0 saturated carbocycles. The van der Waals surface area contributed by atoms with Crippen LogP contribution in [0.1, 0.15) is 71.8 Å². The number of imide groups is 1. The van der Waals surface area contributed by atoms with E-state index in [0.717, 1.165) is 21.9 Å². The number of hydrogen-bond donors (Lipinski definition) is 1. The number of carbonyl (C=O) groups excluding carboxylic acids is 3. The van der Waals surface area contributed by atoms with E-state index in [0.29, 0.717) is 5.56 Å². The number of aromatic nitrogens is 2. The van der Waals surface area contributed by atoms with Crippen LogP contribution >= 0.6 is 0 Å². The topological polar surface area (TPSA) is 116 Å². The fourth-order valence-corrected chi connectivity index (χ4v) is 5.84. The lowest BCUT2D eigenvalue weighted by atomic mass is 9.86. The van der Waals surface area contributed by atoms with Gasteiger partial charge in [0.1, 0.15) is 28.8 Å². The SMILES string of the molecule is CC(C)N1C(=O)N(C2c3n[nH]c(=O)c4cc(F)cc(c34)N(C(=O)OC(C)(C)C)C2c2ccc(F)cc2)C(=O)C1(C)C. The lowest BCUT2D eigenvalue weighted by molar-refractivity contribution is -0.134. The van der Waals surface area contributed by atoms with Gasteiger partial charge in [0.05, 0.1) is 22.8 Å². The molecule has 3 heterocycles. The number of rotatable bonds is 3. The van der Waals surface area contributed by atoms with Crippen LogP contribution in [0.15, 0.2) is 41.2 Å². The Labute approximate surface area is 234 Å². The normalized spacial score (nSPS) is 20.4. The van der Waals surface area contributed by atoms with Crippen molar-refractivity contribution >= 4 is 34.5 Å². The molecule has 0 radical (unpaired) electrons. The number of amides is 4. The number of aromatic amines is 1. The van der Waals surface area contributed by atoms with Crippen LogP contribution in [0.3, 0.4) is 0 Å². The van der Waals surface area contributed by atoms with Crippen LogP contribution in [0.2, 0.25) is 0 Å². The highest BCUT2D eigenvalue weighted by molar-refractivity contribution is 6.10. The lowest BCUT2D eigenvalue weighted by Crippen LogP contribution is -2.50. The van der Waals surface area contributed by atoms with Gasteiger partial charge in [-0.05, 0) is 78.3 Å². The minimum Gasteiger partial charge on any atom is -0.443 e. The minimum absolute atomic E-state index is 0.0347. The summed E-state index contributed by atoms with van der Waals surface area (Å²) in [5.74, 6) is -1.93. The zero-order valence-corrected chi connectivity index (χ0v) is 23.8. The number of benzene rings is 2. The molecule has 1 saturated heterocycles. The molecule has 10 nitrogen and oxygen atoms in total. The Morgan fingerprint density at radius 1 is 1.02 bits per heavy atom. The molecule has 0 spiro atoms. The van der Waals surface area contributed by atoms with Crippen LogP contribution in [-0.2, 0) is 9.53 Å². The number of nitrogens with zero attached hydrogens (tertiary/aromatic N) is 4. The molecule has 2 unspecified atom stereocenters. The van der Waals surface area contributed by atoms with E-state index in [9.17, 15) is 23.6 Å². The maximum absolute atomic E-state index is 15.0. The van der Waals surface area contributed by atoms with Gasteiger partial charge in [-0.3, -0.25) is 19.4 Å². The van der Waals surface area contributed by atoms with Gasteiger partial charge >= 0.3 is 12.1 Å². The van der Waals surface area contributed by atoms with E-state index in [1.807, 2.05) is 0 Å². The Hall–Kier alpha value is -4.35. The fraction of sp³-hybridized carbons (Fsp3) is 0.414. The first-order valence-electron chi connectivity index (χ1n) is 13.2. The maximum Gasteiger partial charge on any atom is 0.415 e. The van der Waals surface area contributed by atoms with E-state index >= 15 is 4.39 Å². The fourth-order valence-electron chi connectivity index (χ4n) is 5.84. The molecule has 5 rings (SSSR count). The molecule has 2 atom stereocenters. The second-order valence-electron chi connectivity index (χ2n) is 12.1. The van der Waals surface area contributed by atoms with Gasteiger partial charge in [0.25, 0.3) is 11.5 Å².